The van der Waals surface area contributed by atoms with E-state index in [0.717, 1.165) is 5.56 Å². The molecule has 3 fully saturated rings. The molecule has 4 rings (SSSR count). The Labute approximate surface area is 171 Å². The van der Waals surface area contributed by atoms with Crippen molar-refractivity contribution < 1.29 is 28.5 Å². The molecule has 7 nitrogen and oxygen atoms in total. The first-order chi connectivity index (χ1) is 13.8. The lowest BCUT2D eigenvalue weighted by atomic mass is 9.80. The first-order valence-electron chi connectivity index (χ1n) is 10.3. The number of piperidine rings is 1. The summed E-state index contributed by atoms with van der Waals surface area (Å²) in [4.78, 5) is 27.9. The number of Topliss-reactive ketones (excluding diaryl/α,β-unsaturated/α-hetero) is 1. The molecule has 3 heterocycles. The molecule has 0 aromatic heterocycles. The quantitative estimate of drug-likeness (QED) is 0.721. The number of morpholine rings is 1. The number of benzene rings is 1. The van der Waals surface area contributed by atoms with E-state index < -0.39 is 11.9 Å². The van der Waals surface area contributed by atoms with Crippen LogP contribution in [0.5, 0.6) is 0 Å². The number of nitrogens with zero attached hydrogens (tertiary/aromatic N) is 1. The first kappa shape index (κ1) is 20.3. The van der Waals surface area contributed by atoms with Crippen molar-refractivity contribution in [2.24, 2.45) is 5.92 Å². The highest BCUT2D eigenvalue weighted by molar-refractivity contribution is 5.99. The summed E-state index contributed by atoms with van der Waals surface area (Å²) in [5.74, 6) is -0.0874. The molecule has 158 valence electrons. The number of carbonyl (C=O) groups is 2. The zero-order valence-electron chi connectivity index (χ0n) is 17.3. The van der Waals surface area contributed by atoms with Gasteiger partial charge in [0.2, 0.25) is 0 Å². The normalized spacial score (nSPS) is 27.7. The Morgan fingerprint density at radius 3 is 2.28 bits per heavy atom. The van der Waals surface area contributed by atoms with Gasteiger partial charge in [0.25, 0.3) is 0 Å². The van der Waals surface area contributed by atoms with Gasteiger partial charge in [-0.2, -0.15) is 0 Å². The predicted octanol–water partition coefficient (Wildman–Crippen LogP) is 3.33. The van der Waals surface area contributed by atoms with Crippen molar-refractivity contribution in [3.05, 3.63) is 35.4 Å². The first-order valence-corrected chi connectivity index (χ1v) is 10.3. The van der Waals surface area contributed by atoms with E-state index in [-0.39, 0.29) is 29.9 Å². The van der Waals surface area contributed by atoms with Crippen LogP contribution in [0.2, 0.25) is 0 Å². The summed E-state index contributed by atoms with van der Waals surface area (Å²) < 4.78 is 22.5. The van der Waals surface area contributed by atoms with Crippen LogP contribution in [0.1, 0.15) is 55.8 Å². The highest BCUT2D eigenvalue weighted by Gasteiger charge is 2.45. The van der Waals surface area contributed by atoms with E-state index in [1.54, 1.807) is 4.90 Å². The third-order valence-corrected chi connectivity index (χ3v) is 5.60. The average Bonchev–Trinajstić information content (AvgIpc) is 3.19. The molecule has 3 saturated heterocycles. The Hall–Kier alpha value is -1.96. The SMILES string of the molecule is CC(C)(C)OC(=O)N1C2COCC1CC(C(=O)c1ccccc1C1OCCO1)C2. The summed E-state index contributed by atoms with van der Waals surface area (Å²) in [7, 11) is 0. The Morgan fingerprint density at radius 1 is 1.03 bits per heavy atom. The maximum atomic E-state index is 13.4. The fourth-order valence-electron chi connectivity index (χ4n) is 4.43. The van der Waals surface area contributed by atoms with Gasteiger partial charge in [-0.05, 0) is 33.6 Å². The monoisotopic (exact) mass is 403 g/mol. The highest BCUT2D eigenvalue weighted by atomic mass is 16.7. The van der Waals surface area contributed by atoms with Gasteiger partial charge in [-0.25, -0.2) is 4.79 Å². The minimum absolute atomic E-state index is 0.0837. The zero-order chi connectivity index (χ0) is 20.6. The van der Waals surface area contributed by atoms with E-state index in [9.17, 15) is 9.59 Å². The van der Waals surface area contributed by atoms with Crippen LogP contribution in [0.3, 0.4) is 0 Å². The van der Waals surface area contributed by atoms with Gasteiger partial charge in [-0.3, -0.25) is 9.69 Å². The summed E-state index contributed by atoms with van der Waals surface area (Å²) in [5.41, 5.74) is 0.874. The number of hydrogen-bond acceptors (Lipinski definition) is 6. The van der Waals surface area contributed by atoms with E-state index in [2.05, 4.69) is 0 Å². The van der Waals surface area contributed by atoms with Crippen molar-refractivity contribution in [2.75, 3.05) is 26.4 Å². The maximum Gasteiger partial charge on any atom is 0.410 e. The standard InChI is InChI=1S/C22H29NO6/c1-22(2,3)29-21(25)23-15-10-14(11-16(23)13-26-12-15)19(24)17-6-4-5-7-18(17)20-27-8-9-28-20/h4-7,14-16,20H,8-13H2,1-3H3. The van der Waals surface area contributed by atoms with Crippen LogP contribution in [-0.2, 0) is 18.9 Å². The Balaban J connectivity index is 1.52. The van der Waals surface area contributed by atoms with E-state index in [1.165, 1.54) is 0 Å². The lowest BCUT2D eigenvalue weighted by Crippen LogP contribution is -2.60. The number of hydrogen-bond donors (Lipinski definition) is 0. The molecule has 1 aromatic carbocycles. The molecular formula is C22H29NO6. The summed E-state index contributed by atoms with van der Waals surface area (Å²) in [6, 6.07) is 7.18. The van der Waals surface area contributed by atoms with Crippen LogP contribution in [0.4, 0.5) is 4.79 Å². The van der Waals surface area contributed by atoms with Gasteiger partial charge in [0.15, 0.2) is 12.1 Å². The van der Waals surface area contributed by atoms with Gasteiger partial charge in [-0.1, -0.05) is 24.3 Å². The lowest BCUT2D eigenvalue weighted by molar-refractivity contribution is -0.0861. The van der Waals surface area contributed by atoms with E-state index in [0.29, 0.717) is 44.8 Å². The molecule has 3 aliphatic heterocycles. The van der Waals surface area contributed by atoms with Crippen LogP contribution in [0.25, 0.3) is 0 Å². The van der Waals surface area contributed by atoms with Crippen molar-refractivity contribution >= 4 is 11.9 Å². The molecule has 1 amide bonds. The number of amides is 1. The molecule has 2 atom stereocenters. The van der Waals surface area contributed by atoms with Gasteiger partial charge >= 0.3 is 6.09 Å². The zero-order valence-corrected chi connectivity index (χ0v) is 17.3. The van der Waals surface area contributed by atoms with Crippen LogP contribution in [0, 0.1) is 5.92 Å². The predicted molar refractivity (Wildman–Crippen MR) is 105 cm³/mol. The number of rotatable bonds is 3. The van der Waals surface area contributed by atoms with Crippen molar-refractivity contribution in [3.8, 4) is 0 Å². The summed E-state index contributed by atoms with van der Waals surface area (Å²) in [5, 5.41) is 0. The summed E-state index contributed by atoms with van der Waals surface area (Å²) in [6.45, 7) is 7.49. The Morgan fingerprint density at radius 2 is 1.66 bits per heavy atom. The largest absolute Gasteiger partial charge is 0.444 e. The molecular weight excluding hydrogens is 374 g/mol. The number of ether oxygens (including phenoxy) is 4. The minimum Gasteiger partial charge on any atom is -0.444 e. The smallest absolute Gasteiger partial charge is 0.410 e. The number of ketones is 1. The van der Waals surface area contributed by atoms with E-state index in [4.69, 9.17) is 18.9 Å². The maximum absolute atomic E-state index is 13.4. The molecule has 0 aliphatic carbocycles. The molecule has 0 spiro atoms. The Kier molecular flexibility index (Phi) is 5.64. The van der Waals surface area contributed by atoms with Crippen LogP contribution < -0.4 is 0 Å². The fourth-order valence-corrected chi connectivity index (χ4v) is 4.43. The van der Waals surface area contributed by atoms with Crippen LogP contribution in [0.15, 0.2) is 24.3 Å². The Bertz CT molecular complexity index is 753. The van der Waals surface area contributed by atoms with Crippen LogP contribution >= 0.6 is 0 Å². The van der Waals surface area contributed by atoms with Gasteiger partial charge in [0.05, 0.1) is 38.5 Å². The third-order valence-electron chi connectivity index (χ3n) is 5.60. The minimum atomic E-state index is -0.556. The van der Waals surface area contributed by atoms with Crippen molar-refractivity contribution in [1.82, 2.24) is 4.90 Å². The van der Waals surface area contributed by atoms with Gasteiger partial charge < -0.3 is 18.9 Å². The number of fused-ring (bicyclic) bond motifs is 2. The molecule has 0 N–H and O–H groups in total. The molecule has 1 aromatic rings. The topological polar surface area (TPSA) is 74.3 Å². The van der Waals surface area contributed by atoms with Gasteiger partial charge in [-0.15, -0.1) is 0 Å². The number of carbonyl (C=O) groups excluding carboxylic acids is 2. The summed E-state index contributed by atoms with van der Waals surface area (Å²) in [6.07, 6.45) is 0.319. The van der Waals surface area contributed by atoms with E-state index in [1.807, 2.05) is 45.0 Å². The molecule has 0 saturated carbocycles. The van der Waals surface area contributed by atoms with Crippen molar-refractivity contribution in [2.45, 2.75) is 57.6 Å². The van der Waals surface area contributed by atoms with Crippen molar-refractivity contribution in [1.29, 1.82) is 0 Å². The lowest BCUT2D eigenvalue weighted by Gasteiger charge is -2.48. The second-order valence-electron chi connectivity index (χ2n) is 8.93. The van der Waals surface area contributed by atoms with Gasteiger partial charge in [0.1, 0.15) is 5.60 Å². The second-order valence-corrected chi connectivity index (χ2v) is 8.93. The van der Waals surface area contributed by atoms with E-state index >= 15 is 0 Å². The molecule has 2 unspecified atom stereocenters. The third kappa shape index (κ3) is 4.32. The summed E-state index contributed by atoms with van der Waals surface area (Å²) >= 11 is 0. The average molecular weight is 403 g/mol. The molecule has 7 heteroatoms. The highest BCUT2D eigenvalue weighted by Crippen LogP contribution is 2.36. The molecule has 29 heavy (non-hydrogen) atoms. The van der Waals surface area contributed by atoms with Crippen molar-refractivity contribution in [3.63, 3.8) is 0 Å². The molecule has 0 radical (unpaired) electrons. The molecule has 3 aliphatic rings. The van der Waals surface area contributed by atoms with Gasteiger partial charge in [0, 0.05) is 17.0 Å². The second kappa shape index (κ2) is 8.05. The fraction of sp³-hybridized carbons (Fsp3) is 0.636. The van der Waals surface area contributed by atoms with Crippen LogP contribution in [-0.4, -0.2) is 60.9 Å². The molecule has 2 bridgehead atoms.